The Morgan fingerprint density at radius 3 is 2.77 bits per heavy atom. The highest BCUT2D eigenvalue weighted by Gasteiger charge is 2.42. The molecule has 6 heteroatoms. The van der Waals surface area contributed by atoms with E-state index >= 15 is 0 Å². The summed E-state index contributed by atoms with van der Waals surface area (Å²) in [5, 5.41) is 8.26. The predicted octanol–water partition coefficient (Wildman–Crippen LogP) is 4.62. The fraction of sp³-hybridized carbons (Fsp3) is 0.333. The van der Waals surface area contributed by atoms with E-state index in [4.69, 9.17) is 10.1 Å². The number of benzene rings is 1. The Morgan fingerprint density at radius 1 is 1.17 bits per heavy atom. The van der Waals surface area contributed by atoms with Crippen molar-refractivity contribution >= 4 is 11.7 Å². The number of hydrogen-bond donors (Lipinski definition) is 1. The lowest BCUT2D eigenvalue weighted by atomic mass is 9.72. The lowest BCUT2D eigenvalue weighted by molar-refractivity contribution is -0.118. The van der Waals surface area contributed by atoms with Crippen LogP contribution in [-0.4, -0.2) is 25.5 Å². The van der Waals surface area contributed by atoms with Gasteiger partial charge >= 0.3 is 0 Å². The van der Waals surface area contributed by atoms with Crippen molar-refractivity contribution < 1.29 is 4.79 Å². The molecule has 1 atom stereocenters. The van der Waals surface area contributed by atoms with Gasteiger partial charge in [-0.05, 0) is 48.9 Å². The number of nitrogens with zero attached hydrogens (tertiary/aromatic N) is 4. The van der Waals surface area contributed by atoms with Crippen LogP contribution in [-0.2, 0) is 4.79 Å². The number of fused-ring (bicyclic) bond motifs is 1. The van der Waals surface area contributed by atoms with Crippen LogP contribution in [0, 0.1) is 19.3 Å². The summed E-state index contributed by atoms with van der Waals surface area (Å²) in [6, 6.07) is 9.92. The van der Waals surface area contributed by atoms with Gasteiger partial charge in [-0.2, -0.15) is 4.98 Å². The molecule has 30 heavy (non-hydrogen) atoms. The van der Waals surface area contributed by atoms with Crippen LogP contribution in [0.15, 0.2) is 54.0 Å². The quantitative estimate of drug-likeness (QED) is 0.681. The number of Topliss-reactive ketones (excluding diaryl/α,β-unsaturated/α-hetero) is 1. The largest absolute Gasteiger partial charge is 0.328 e. The summed E-state index contributed by atoms with van der Waals surface area (Å²) < 4.78 is 1.87. The molecule has 0 amide bonds. The van der Waals surface area contributed by atoms with Gasteiger partial charge in [-0.25, -0.2) is 4.68 Å². The van der Waals surface area contributed by atoms with E-state index in [1.807, 2.05) is 16.8 Å². The molecule has 1 N–H and O–H groups in total. The van der Waals surface area contributed by atoms with Gasteiger partial charge in [0.1, 0.15) is 6.04 Å². The standard InChI is InChI=1S/C24H25N5O/c1-14-7-8-15(2)17(10-14)21-20-18(11-24(3,4)12-19(20)30)26-23-27-22(28-29(21)23)16-6-5-9-25-13-16/h5-10,13,21H,11-12H2,1-4H3,(H,26,27,28). The minimum Gasteiger partial charge on any atom is -0.328 e. The number of carbonyl (C=O) groups excluding carboxylic acids is 1. The van der Waals surface area contributed by atoms with Crippen LogP contribution in [0.3, 0.4) is 0 Å². The Bertz CT molecular complexity index is 1190. The molecule has 0 bridgehead atoms. The van der Waals surface area contributed by atoms with Crippen molar-refractivity contribution in [1.29, 1.82) is 0 Å². The maximum Gasteiger partial charge on any atom is 0.226 e. The van der Waals surface area contributed by atoms with Gasteiger partial charge in [0, 0.05) is 35.6 Å². The van der Waals surface area contributed by atoms with Crippen LogP contribution in [0.25, 0.3) is 11.4 Å². The van der Waals surface area contributed by atoms with E-state index < -0.39 is 0 Å². The molecular formula is C24H25N5O. The van der Waals surface area contributed by atoms with Crippen molar-refractivity contribution in [2.24, 2.45) is 5.41 Å². The first-order chi connectivity index (χ1) is 14.3. The van der Waals surface area contributed by atoms with Crippen molar-refractivity contribution in [2.45, 2.75) is 46.6 Å². The van der Waals surface area contributed by atoms with Crippen molar-refractivity contribution in [1.82, 2.24) is 19.7 Å². The highest BCUT2D eigenvalue weighted by atomic mass is 16.1. The monoisotopic (exact) mass is 399 g/mol. The molecule has 1 unspecified atom stereocenters. The summed E-state index contributed by atoms with van der Waals surface area (Å²) in [5.41, 5.74) is 5.96. The van der Waals surface area contributed by atoms with Gasteiger partial charge in [0.2, 0.25) is 5.95 Å². The first kappa shape index (κ1) is 18.7. The number of pyridine rings is 1. The number of aryl methyl sites for hydroxylation is 2. The van der Waals surface area contributed by atoms with Crippen LogP contribution >= 0.6 is 0 Å². The lowest BCUT2D eigenvalue weighted by Crippen LogP contribution is -2.36. The lowest BCUT2D eigenvalue weighted by Gasteiger charge is -2.38. The summed E-state index contributed by atoms with van der Waals surface area (Å²) in [6.07, 6.45) is 4.84. The van der Waals surface area contributed by atoms with Crippen LogP contribution in [0.2, 0.25) is 0 Å². The fourth-order valence-corrected chi connectivity index (χ4v) is 4.57. The molecule has 152 valence electrons. The van der Waals surface area contributed by atoms with Crippen molar-refractivity contribution in [2.75, 3.05) is 5.32 Å². The maximum absolute atomic E-state index is 13.3. The smallest absolute Gasteiger partial charge is 0.226 e. The van der Waals surface area contributed by atoms with Gasteiger partial charge in [0.15, 0.2) is 11.6 Å². The van der Waals surface area contributed by atoms with Gasteiger partial charge in [-0.15, -0.1) is 5.10 Å². The Morgan fingerprint density at radius 2 is 2.00 bits per heavy atom. The predicted molar refractivity (Wildman–Crippen MR) is 116 cm³/mol. The Balaban J connectivity index is 1.73. The summed E-state index contributed by atoms with van der Waals surface area (Å²) in [6.45, 7) is 8.45. The first-order valence-corrected chi connectivity index (χ1v) is 10.3. The molecule has 1 aliphatic heterocycles. The molecule has 2 aromatic heterocycles. The summed E-state index contributed by atoms with van der Waals surface area (Å²) in [4.78, 5) is 22.3. The molecular weight excluding hydrogens is 374 g/mol. The SMILES string of the molecule is Cc1ccc(C)c(C2C3=C(CC(C)(C)CC3=O)Nc3nc(-c4cccnc4)nn32)c1. The van der Waals surface area contributed by atoms with Crippen LogP contribution < -0.4 is 5.32 Å². The van der Waals surface area contributed by atoms with Crippen LogP contribution in [0.4, 0.5) is 5.95 Å². The zero-order valence-corrected chi connectivity index (χ0v) is 17.7. The summed E-state index contributed by atoms with van der Waals surface area (Å²) >= 11 is 0. The highest BCUT2D eigenvalue weighted by molar-refractivity contribution is 6.00. The average molecular weight is 399 g/mol. The zero-order valence-electron chi connectivity index (χ0n) is 17.7. The Labute approximate surface area is 176 Å². The van der Waals surface area contributed by atoms with Crippen molar-refractivity contribution in [3.8, 4) is 11.4 Å². The molecule has 0 saturated carbocycles. The second kappa shape index (κ2) is 6.62. The molecule has 6 nitrogen and oxygen atoms in total. The van der Waals surface area contributed by atoms with E-state index in [9.17, 15) is 4.79 Å². The second-order valence-electron chi connectivity index (χ2n) is 9.17. The average Bonchev–Trinajstić information content (AvgIpc) is 3.12. The third-order valence-corrected chi connectivity index (χ3v) is 5.98. The molecule has 0 radical (unpaired) electrons. The minimum absolute atomic E-state index is 0.0799. The first-order valence-electron chi connectivity index (χ1n) is 10.3. The number of nitrogens with one attached hydrogen (secondary N) is 1. The third-order valence-electron chi connectivity index (χ3n) is 5.98. The maximum atomic E-state index is 13.3. The number of aromatic nitrogens is 4. The van der Waals surface area contributed by atoms with Gasteiger partial charge in [-0.1, -0.05) is 37.6 Å². The van der Waals surface area contributed by atoms with Crippen LogP contribution in [0.1, 0.15) is 49.4 Å². The number of rotatable bonds is 2. The van der Waals surface area contributed by atoms with Gasteiger partial charge in [-0.3, -0.25) is 9.78 Å². The molecule has 3 aromatic rings. The molecule has 1 aliphatic carbocycles. The van der Waals surface area contributed by atoms with E-state index in [2.05, 4.69) is 56.2 Å². The minimum atomic E-state index is -0.280. The Hall–Kier alpha value is -3.28. The van der Waals surface area contributed by atoms with E-state index in [-0.39, 0.29) is 17.2 Å². The fourth-order valence-electron chi connectivity index (χ4n) is 4.57. The van der Waals surface area contributed by atoms with Crippen molar-refractivity contribution in [3.05, 3.63) is 70.7 Å². The van der Waals surface area contributed by atoms with Crippen molar-refractivity contribution in [3.63, 3.8) is 0 Å². The van der Waals surface area contributed by atoms with Crippen LogP contribution in [0.5, 0.6) is 0 Å². The van der Waals surface area contributed by atoms with E-state index in [0.29, 0.717) is 18.2 Å². The molecule has 5 rings (SSSR count). The third kappa shape index (κ3) is 3.03. The normalized spacial score (nSPS) is 19.9. The number of anilines is 1. The number of allylic oxidation sites excluding steroid dienone is 2. The van der Waals surface area contributed by atoms with E-state index in [0.717, 1.165) is 39.9 Å². The number of hydrogen-bond acceptors (Lipinski definition) is 5. The molecule has 0 spiro atoms. The molecule has 0 saturated heterocycles. The second-order valence-corrected chi connectivity index (χ2v) is 9.17. The van der Waals surface area contributed by atoms with Gasteiger partial charge in [0.25, 0.3) is 0 Å². The van der Waals surface area contributed by atoms with E-state index in [1.165, 1.54) is 0 Å². The molecule has 0 fully saturated rings. The number of carbonyl (C=O) groups is 1. The van der Waals surface area contributed by atoms with Gasteiger partial charge in [0.05, 0.1) is 0 Å². The highest BCUT2D eigenvalue weighted by Crippen LogP contribution is 2.46. The molecule has 1 aromatic carbocycles. The zero-order chi connectivity index (χ0) is 21.0. The summed E-state index contributed by atoms with van der Waals surface area (Å²) in [7, 11) is 0. The summed E-state index contributed by atoms with van der Waals surface area (Å²) in [5.74, 6) is 1.46. The topological polar surface area (TPSA) is 72.7 Å². The van der Waals surface area contributed by atoms with E-state index in [1.54, 1.807) is 12.4 Å². The molecule has 3 heterocycles. The molecule has 2 aliphatic rings. The Kier molecular flexibility index (Phi) is 4.13. The number of ketones is 1. The van der Waals surface area contributed by atoms with Gasteiger partial charge < -0.3 is 5.32 Å².